The molecule has 1 aliphatic heterocycles. The second-order valence-electron chi connectivity index (χ2n) is 5.77. The van der Waals surface area contributed by atoms with Gasteiger partial charge in [0.05, 0.1) is 27.4 Å². The molecule has 0 spiro atoms. The van der Waals surface area contributed by atoms with E-state index in [1.54, 1.807) is 18.2 Å². The molecule has 0 saturated carbocycles. The van der Waals surface area contributed by atoms with Gasteiger partial charge in [0.25, 0.3) is 0 Å². The van der Waals surface area contributed by atoms with Crippen molar-refractivity contribution in [1.29, 1.82) is 0 Å². The summed E-state index contributed by atoms with van der Waals surface area (Å²) in [6.45, 7) is 0.0858. The van der Waals surface area contributed by atoms with Gasteiger partial charge in [0.15, 0.2) is 23.0 Å². The van der Waals surface area contributed by atoms with Gasteiger partial charge in [-0.05, 0) is 34.9 Å². The third-order valence-electron chi connectivity index (χ3n) is 4.22. The van der Waals surface area contributed by atoms with E-state index in [1.165, 1.54) is 21.3 Å². The van der Waals surface area contributed by atoms with E-state index in [2.05, 4.69) is 0 Å². The molecule has 8 nitrogen and oxygen atoms in total. The average Bonchev–Trinajstić information content (AvgIpc) is 3.14. The van der Waals surface area contributed by atoms with Crippen LogP contribution >= 0.6 is 0 Å². The molecule has 2 aromatic rings. The minimum Gasteiger partial charge on any atom is -0.504 e. The molecule has 0 aliphatic carbocycles. The van der Waals surface area contributed by atoms with Crippen LogP contribution in [-0.4, -0.2) is 45.1 Å². The van der Waals surface area contributed by atoms with Crippen LogP contribution < -0.4 is 18.9 Å². The van der Waals surface area contributed by atoms with Crippen molar-refractivity contribution in [3.63, 3.8) is 0 Å². The van der Waals surface area contributed by atoms with E-state index in [0.717, 1.165) is 0 Å². The molecule has 2 aromatic carbocycles. The van der Waals surface area contributed by atoms with Crippen molar-refractivity contribution in [1.82, 2.24) is 0 Å². The Bertz CT molecular complexity index is 818. The molecule has 0 atom stereocenters. The second kappa shape index (κ2) is 8.34. The zero-order valence-corrected chi connectivity index (χ0v) is 15.4. The lowest BCUT2D eigenvalue weighted by atomic mass is 9.93. The van der Waals surface area contributed by atoms with Crippen LogP contribution in [0.5, 0.6) is 28.7 Å². The number of rotatable bonds is 8. The Morgan fingerprint density at radius 3 is 2.37 bits per heavy atom. The van der Waals surface area contributed by atoms with Crippen LogP contribution in [0, 0.1) is 0 Å². The number of aliphatic hydroxyl groups excluding tert-OH is 1. The van der Waals surface area contributed by atoms with Gasteiger partial charge >= 0.3 is 0 Å². The number of hydrogen-bond acceptors (Lipinski definition) is 8. The SMILES string of the molecule is COCOCc1cc(OC)c(OC)c(O)c1-c1cc2c(cc1CO)OCO2. The van der Waals surface area contributed by atoms with Gasteiger partial charge in [0, 0.05) is 12.7 Å². The predicted molar refractivity (Wildman–Crippen MR) is 95.4 cm³/mol. The topological polar surface area (TPSA) is 95.8 Å². The summed E-state index contributed by atoms with van der Waals surface area (Å²) in [4.78, 5) is 0. The third-order valence-corrected chi connectivity index (χ3v) is 4.22. The Morgan fingerprint density at radius 2 is 1.74 bits per heavy atom. The summed E-state index contributed by atoms with van der Waals surface area (Å²) < 4.78 is 31.9. The van der Waals surface area contributed by atoms with Gasteiger partial charge < -0.3 is 38.6 Å². The molecule has 0 bridgehead atoms. The first-order chi connectivity index (χ1) is 13.1. The molecule has 1 heterocycles. The van der Waals surface area contributed by atoms with Crippen molar-refractivity contribution in [2.45, 2.75) is 13.2 Å². The van der Waals surface area contributed by atoms with Crippen molar-refractivity contribution in [3.05, 3.63) is 29.3 Å². The highest BCUT2D eigenvalue weighted by Gasteiger charge is 2.25. The molecule has 8 heteroatoms. The Morgan fingerprint density at radius 1 is 1.00 bits per heavy atom. The van der Waals surface area contributed by atoms with Gasteiger partial charge in [-0.25, -0.2) is 0 Å². The number of aromatic hydroxyl groups is 1. The number of phenolic OH excluding ortho intramolecular Hbond substituents is 1. The standard InChI is InChI=1S/C19H22O8/c1-22-9-25-8-12-5-16(23-2)19(24-3)18(21)17(12)13-6-15-14(26-10-27-15)4-11(13)7-20/h4-6,20-21H,7-10H2,1-3H3. The highest BCUT2D eigenvalue weighted by atomic mass is 16.7. The van der Waals surface area contributed by atoms with Gasteiger partial charge in [-0.15, -0.1) is 0 Å². The molecule has 0 amide bonds. The molecule has 2 N–H and O–H groups in total. The van der Waals surface area contributed by atoms with Gasteiger partial charge in [0.1, 0.15) is 6.79 Å². The monoisotopic (exact) mass is 378 g/mol. The lowest BCUT2D eigenvalue weighted by molar-refractivity contribution is -0.0390. The van der Waals surface area contributed by atoms with Crippen LogP contribution in [0.1, 0.15) is 11.1 Å². The molecule has 27 heavy (non-hydrogen) atoms. The zero-order chi connectivity index (χ0) is 19.4. The zero-order valence-electron chi connectivity index (χ0n) is 15.4. The summed E-state index contributed by atoms with van der Waals surface area (Å²) in [5, 5.41) is 20.8. The highest BCUT2D eigenvalue weighted by Crippen LogP contribution is 2.49. The Labute approximate surface area is 156 Å². The molecule has 0 fully saturated rings. The summed E-state index contributed by atoms with van der Waals surface area (Å²) in [6.07, 6.45) is 0. The molecule has 3 rings (SSSR count). The fraction of sp³-hybridized carbons (Fsp3) is 0.368. The van der Waals surface area contributed by atoms with E-state index in [-0.39, 0.29) is 38.3 Å². The van der Waals surface area contributed by atoms with Crippen molar-refractivity contribution in [3.8, 4) is 39.9 Å². The molecule has 0 saturated heterocycles. The van der Waals surface area contributed by atoms with Crippen molar-refractivity contribution in [2.24, 2.45) is 0 Å². The summed E-state index contributed by atoms with van der Waals surface area (Å²) in [5.74, 6) is 1.49. The average molecular weight is 378 g/mol. The van der Waals surface area contributed by atoms with E-state index in [0.29, 0.717) is 39.5 Å². The van der Waals surface area contributed by atoms with E-state index in [9.17, 15) is 10.2 Å². The van der Waals surface area contributed by atoms with Crippen LogP contribution in [0.15, 0.2) is 18.2 Å². The van der Waals surface area contributed by atoms with Crippen LogP contribution in [0.2, 0.25) is 0 Å². The maximum Gasteiger partial charge on any atom is 0.231 e. The molecule has 146 valence electrons. The number of phenols is 1. The highest BCUT2D eigenvalue weighted by molar-refractivity contribution is 5.82. The summed E-state index contributed by atoms with van der Waals surface area (Å²) >= 11 is 0. The number of fused-ring (bicyclic) bond motifs is 1. The molecular weight excluding hydrogens is 356 g/mol. The normalized spacial score (nSPS) is 12.3. The van der Waals surface area contributed by atoms with Crippen molar-refractivity contribution < 1.29 is 38.6 Å². The second-order valence-corrected chi connectivity index (χ2v) is 5.77. The molecule has 0 radical (unpaired) electrons. The smallest absolute Gasteiger partial charge is 0.231 e. The minimum atomic E-state index is -0.252. The lowest BCUT2D eigenvalue weighted by Gasteiger charge is -2.19. The van der Waals surface area contributed by atoms with Crippen LogP contribution in [-0.2, 0) is 22.7 Å². The number of benzene rings is 2. The first kappa shape index (κ1) is 19.1. The molecular formula is C19H22O8. The number of methoxy groups -OCH3 is 3. The lowest BCUT2D eigenvalue weighted by Crippen LogP contribution is -2.03. The van der Waals surface area contributed by atoms with Gasteiger partial charge in [-0.2, -0.15) is 0 Å². The Kier molecular flexibility index (Phi) is 5.90. The van der Waals surface area contributed by atoms with Crippen molar-refractivity contribution in [2.75, 3.05) is 34.9 Å². The molecule has 1 aliphatic rings. The molecule has 0 aromatic heterocycles. The first-order valence-electron chi connectivity index (χ1n) is 8.21. The van der Waals surface area contributed by atoms with E-state index >= 15 is 0 Å². The third kappa shape index (κ3) is 3.59. The number of aliphatic hydroxyl groups is 1. The predicted octanol–water partition coefficient (Wildman–Crippen LogP) is 2.42. The maximum atomic E-state index is 10.9. The Hall–Kier alpha value is -2.68. The number of ether oxygens (including phenoxy) is 6. The van der Waals surface area contributed by atoms with E-state index < -0.39 is 0 Å². The van der Waals surface area contributed by atoms with Crippen LogP contribution in [0.3, 0.4) is 0 Å². The quantitative estimate of drug-likeness (QED) is 0.534. The van der Waals surface area contributed by atoms with Gasteiger partial charge in [-0.3, -0.25) is 0 Å². The van der Waals surface area contributed by atoms with Crippen LogP contribution in [0.4, 0.5) is 0 Å². The van der Waals surface area contributed by atoms with Crippen LogP contribution in [0.25, 0.3) is 11.1 Å². The largest absolute Gasteiger partial charge is 0.504 e. The van der Waals surface area contributed by atoms with E-state index in [4.69, 9.17) is 28.4 Å². The summed E-state index contributed by atoms with van der Waals surface area (Å²) in [7, 11) is 4.44. The summed E-state index contributed by atoms with van der Waals surface area (Å²) in [6, 6.07) is 5.12. The number of hydrogen-bond donors (Lipinski definition) is 2. The molecule has 0 unspecified atom stereocenters. The maximum absolute atomic E-state index is 10.9. The Balaban J connectivity index is 2.21. The van der Waals surface area contributed by atoms with Gasteiger partial charge in [-0.1, -0.05) is 0 Å². The van der Waals surface area contributed by atoms with E-state index in [1.807, 2.05) is 0 Å². The fourth-order valence-corrected chi connectivity index (χ4v) is 3.02. The minimum absolute atomic E-state index is 0.0859. The fourth-order valence-electron chi connectivity index (χ4n) is 3.02. The first-order valence-corrected chi connectivity index (χ1v) is 8.21. The van der Waals surface area contributed by atoms with Crippen molar-refractivity contribution >= 4 is 0 Å². The van der Waals surface area contributed by atoms with Gasteiger partial charge in [0.2, 0.25) is 12.5 Å². The summed E-state index contributed by atoms with van der Waals surface area (Å²) in [5.41, 5.74) is 2.23.